The lowest BCUT2D eigenvalue weighted by Crippen LogP contribution is -2.39. The topological polar surface area (TPSA) is 38.0 Å². The van der Waals surface area contributed by atoms with E-state index < -0.39 is 0 Å². The summed E-state index contributed by atoms with van der Waals surface area (Å²) in [6.45, 7) is 5.38. The van der Waals surface area contributed by atoms with Gasteiger partial charge in [-0.2, -0.15) is 0 Å². The monoisotopic (exact) mass is 232 g/mol. The van der Waals surface area contributed by atoms with Crippen molar-refractivity contribution in [3.63, 3.8) is 0 Å². The minimum Gasteiger partial charge on any atom is -0.326 e. The Labute approximate surface area is 105 Å². The molecule has 3 N–H and O–H groups in total. The predicted octanol–water partition coefficient (Wildman–Crippen LogP) is 2.51. The number of benzene rings is 1. The Balaban J connectivity index is 1.74. The molecule has 1 aliphatic carbocycles. The van der Waals surface area contributed by atoms with Gasteiger partial charge >= 0.3 is 0 Å². The SMILES string of the molecule is CCC(C)C(N)CNC1CC1c1ccccc1. The van der Waals surface area contributed by atoms with Crippen LogP contribution >= 0.6 is 0 Å². The molecule has 0 heterocycles. The summed E-state index contributed by atoms with van der Waals surface area (Å²) in [5.41, 5.74) is 7.59. The van der Waals surface area contributed by atoms with Crippen molar-refractivity contribution in [3.05, 3.63) is 35.9 Å². The molecule has 2 rings (SSSR count). The number of nitrogens with two attached hydrogens (primary N) is 1. The second-order valence-corrected chi connectivity index (χ2v) is 5.32. The lowest BCUT2D eigenvalue weighted by Gasteiger charge is -2.18. The van der Waals surface area contributed by atoms with E-state index in [1.54, 1.807) is 0 Å². The zero-order valence-electron chi connectivity index (χ0n) is 10.9. The standard InChI is InChI=1S/C15H24N2/c1-3-11(2)14(16)10-17-15-9-13(15)12-7-5-4-6-8-12/h4-8,11,13-15,17H,3,9-10,16H2,1-2H3. The van der Waals surface area contributed by atoms with Crippen molar-refractivity contribution in [2.24, 2.45) is 11.7 Å². The number of nitrogens with one attached hydrogen (secondary N) is 1. The Morgan fingerprint density at radius 1 is 1.35 bits per heavy atom. The summed E-state index contributed by atoms with van der Waals surface area (Å²) in [4.78, 5) is 0. The Bertz CT molecular complexity index is 336. The van der Waals surface area contributed by atoms with Crippen LogP contribution < -0.4 is 11.1 Å². The molecule has 0 saturated heterocycles. The fourth-order valence-corrected chi connectivity index (χ4v) is 2.28. The highest BCUT2D eigenvalue weighted by Crippen LogP contribution is 2.40. The molecule has 0 radical (unpaired) electrons. The van der Waals surface area contributed by atoms with E-state index >= 15 is 0 Å². The Hall–Kier alpha value is -0.860. The first kappa shape index (κ1) is 12.6. The smallest absolute Gasteiger partial charge is 0.0191 e. The van der Waals surface area contributed by atoms with Crippen LogP contribution in [0.2, 0.25) is 0 Å². The maximum Gasteiger partial charge on any atom is 0.0191 e. The van der Waals surface area contributed by atoms with Crippen molar-refractivity contribution < 1.29 is 0 Å². The molecular formula is C15H24N2. The maximum atomic E-state index is 6.13. The van der Waals surface area contributed by atoms with E-state index in [2.05, 4.69) is 49.5 Å². The van der Waals surface area contributed by atoms with Crippen LogP contribution in [-0.2, 0) is 0 Å². The molecular weight excluding hydrogens is 208 g/mol. The Morgan fingerprint density at radius 3 is 2.71 bits per heavy atom. The maximum absolute atomic E-state index is 6.13. The van der Waals surface area contributed by atoms with Gasteiger partial charge < -0.3 is 11.1 Å². The van der Waals surface area contributed by atoms with Gasteiger partial charge in [-0.05, 0) is 17.9 Å². The summed E-state index contributed by atoms with van der Waals surface area (Å²) < 4.78 is 0. The molecule has 17 heavy (non-hydrogen) atoms. The molecule has 4 atom stereocenters. The van der Waals surface area contributed by atoms with Crippen molar-refractivity contribution >= 4 is 0 Å². The lowest BCUT2D eigenvalue weighted by molar-refractivity contribution is 0.416. The fraction of sp³-hybridized carbons (Fsp3) is 0.600. The van der Waals surface area contributed by atoms with Gasteiger partial charge in [0.25, 0.3) is 0 Å². The largest absolute Gasteiger partial charge is 0.326 e. The third-order valence-corrected chi connectivity index (χ3v) is 4.01. The van der Waals surface area contributed by atoms with Crippen LogP contribution in [0.25, 0.3) is 0 Å². The van der Waals surface area contributed by atoms with E-state index in [0.29, 0.717) is 17.9 Å². The molecule has 0 aliphatic heterocycles. The van der Waals surface area contributed by atoms with Crippen LogP contribution in [0, 0.1) is 5.92 Å². The fourth-order valence-electron chi connectivity index (χ4n) is 2.28. The molecule has 1 saturated carbocycles. The summed E-state index contributed by atoms with van der Waals surface area (Å²) in [5, 5.41) is 3.60. The van der Waals surface area contributed by atoms with Crippen LogP contribution in [0.1, 0.15) is 38.2 Å². The van der Waals surface area contributed by atoms with Crippen molar-refractivity contribution in [2.45, 2.75) is 44.7 Å². The summed E-state index contributed by atoms with van der Waals surface area (Å²) in [7, 11) is 0. The molecule has 1 fully saturated rings. The van der Waals surface area contributed by atoms with Gasteiger partial charge in [-0.3, -0.25) is 0 Å². The minimum atomic E-state index is 0.289. The van der Waals surface area contributed by atoms with E-state index in [9.17, 15) is 0 Å². The highest BCUT2D eigenvalue weighted by Gasteiger charge is 2.37. The third-order valence-electron chi connectivity index (χ3n) is 4.01. The number of hydrogen-bond donors (Lipinski definition) is 2. The molecule has 1 aromatic rings. The van der Waals surface area contributed by atoms with Gasteiger partial charge in [0.1, 0.15) is 0 Å². The summed E-state index contributed by atoms with van der Waals surface area (Å²) in [6.07, 6.45) is 2.42. The molecule has 2 heteroatoms. The van der Waals surface area contributed by atoms with Gasteiger partial charge in [0.05, 0.1) is 0 Å². The van der Waals surface area contributed by atoms with Crippen LogP contribution in [0.5, 0.6) is 0 Å². The zero-order valence-corrected chi connectivity index (χ0v) is 10.9. The summed E-state index contributed by atoms with van der Waals surface area (Å²) in [6, 6.07) is 11.7. The normalized spacial score (nSPS) is 26.5. The average Bonchev–Trinajstić information content (AvgIpc) is 3.15. The van der Waals surface area contributed by atoms with Crippen LogP contribution in [-0.4, -0.2) is 18.6 Å². The molecule has 0 aromatic heterocycles. The van der Waals surface area contributed by atoms with E-state index in [0.717, 1.165) is 13.0 Å². The Morgan fingerprint density at radius 2 is 2.06 bits per heavy atom. The van der Waals surface area contributed by atoms with Crippen LogP contribution in [0.4, 0.5) is 0 Å². The van der Waals surface area contributed by atoms with Crippen LogP contribution in [0.3, 0.4) is 0 Å². The van der Waals surface area contributed by atoms with Crippen molar-refractivity contribution in [1.29, 1.82) is 0 Å². The van der Waals surface area contributed by atoms with Gasteiger partial charge in [-0.1, -0.05) is 50.6 Å². The van der Waals surface area contributed by atoms with Gasteiger partial charge in [-0.15, -0.1) is 0 Å². The highest BCUT2D eigenvalue weighted by atomic mass is 15.0. The van der Waals surface area contributed by atoms with Gasteiger partial charge in [0.15, 0.2) is 0 Å². The van der Waals surface area contributed by atoms with E-state index in [1.165, 1.54) is 12.0 Å². The minimum absolute atomic E-state index is 0.289. The third kappa shape index (κ3) is 3.30. The molecule has 4 unspecified atom stereocenters. The van der Waals surface area contributed by atoms with E-state index in [-0.39, 0.29) is 6.04 Å². The first-order chi connectivity index (χ1) is 8.22. The van der Waals surface area contributed by atoms with Gasteiger partial charge in [-0.25, -0.2) is 0 Å². The molecule has 0 bridgehead atoms. The van der Waals surface area contributed by atoms with E-state index in [4.69, 9.17) is 5.73 Å². The van der Waals surface area contributed by atoms with Crippen LogP contribution in [0.15, 0.2) is 30.3 Å². The van der Waals surface area contributed by atoms with Crippen molar-refractivity contribution in [3.8, 4) is 0 Å². The number of rotatable bonds is 6. The predicted molar refractivity (Wildman–Crippen MR) is 73.0 cm³/mol. The first-order valence-corrected chi connectivity index (χ1v) is 6.76. The first-order valence-electron chi connectivity index (χ1n) is 6.76. The molecule has 1 aromatic carbocycles. The average molecular weight is 232 g/mol. The second-order valence-electron chi connectivity index (χ2n) is 5.32. The highest BCUT2D eigenvalue weighted by molar-refractivity contribution is 5.27. The van der Waals surface area contributed by atoms with Crippen molar-refractivity contribution in [1.82, 2.24) is 5.32 Å². The van der Waals surface area contributed by atoms with Crippen molar-refractivity contribution in [2.75, 3.05) is 6.54 Å². The molecule has 94 valence electrons. The quantitative estimate of drug-likeness (QED) is 0.791. The summed E-state index contributed by atoms with van der Waals surface area (Å²) >= 11 is 0. The second kappa shape index (κ2) is 5.65. The zero-order chi connectivity index (χ0) is 12.3. The lowest BCUT2D eigenvalue weighted by atomic mass is 10.0. The summed E-state index contributed by atoms with van der Waals surface area (Å²) in [5.74, 6) is 1.32. The Kier molecular flexibility index (Phi) is 4.19. The molecule has 2 nitrogen and oxygen atoms in total. The van der Waals surface area contributed by atoms with Gasteiger partial charge in [0, 0.05) is 24.5 Å². The number of hydrogen-bond acceptors (Lipinski definition) is 2. The molecule has 0 amide bonds. The van der Waals surface area contributed by atoms with E-state index in [1.807, 2.05) is 0 Å². The molecule has 0 spiro atoms. The van der Waals surface area contributed by atoms with Gasteiger partial charge in [0.2, 0.25) is 0 Å². The molecule has 1 aliphatic rings.